The summed E-state index contributed by atoms with van der Waals surface area (Å²) >= 11 is 1.94. The van der Waals surface area contributed by atoms with Crippen LogP contribution >= 0.6 is 11.3 Å². The predicted octanol–water partition coefficient (Wildman–Crippen LogP) is 3.79. The standard InChI is InChI=1S/C16H28N2S/c1-12-6-5-7-15(8-12)18(4)11-14-9-16(10-17-3)19-13(14)2/h9,12,15,17H,5-8,10-11H2,1-4H3. The summed E-state index contributed by atoms with van der Waals surface area (Å²) in [6.45, 7) is 6.77. The minimum absolute atomic E-state index is 0.788. The van der Waals surface area contributed by atoms with Crippen LogP contribution in [0.2, 0.25) is 0 Å². The van der Waals surface area contributed by atoms with Crippen molar-refractivity contribution < 1.29 is 0 Å². The van der Waals surface area contributed by atoms with Gasteiger partial charge >= 0.3 is 0 Å². The molecule has 19 heavy (non-hydrogen) atoms. The third-order valence-corrected chi connectivity index (χ3v) is 5.47. The third kappa shape index (κ3) is 4.04. The van der Waals surface area contributed by atoms with Crippen LogP contribution in [0.3, 0.4) is 0 Å². The Kier molecular flexibility index (Phi) is 5.43. The van der Waals surface area contributed by atoms with Gasteiger partial charge in [-0.2, -0.15) is 0 Å². The van der Waals surface area contributed by atoms with Gasteiger partial charge in [-0.1, -0.05) is 19.8 Å². The number of nitrogens with zero attached hydrogens (tertiary/aromatic N) is 1. The van der Waals surface area contributed by atoms with E-state index in [9.17, 15) is 0 Å². The van der Waals surface area contributed by atoms with Gasteiger partial charge < -0.3 is 5.32 Å². The van der Waals surface area contributed by atoms with Crippen molar-refractivity contribution in [1.82, 2.24) is 10.2 Å². The Morgan fingerprint density at radius 2 is 2.21 bits per heavy atom. The monoisotopic (exact) mass is 280 g/mol. The highest BCUT2D eigenvalue weighted by Crippen LogP contribution is 2.29. The van der Waals surface area contributed by atoms with Gasteiger partial charge in [0.05, 0.1) is 0 Å². The molecule has 1 aliphatic rings. The van der Waals surface area contributed by atoms with Crippen molar-refractivity contribution in [2.24, 2.45) is 5.92 Å². The number of aryl methyl sites for hydroxylation is 1. The summed E-state index contributed by atoms with van der Waals surface area (Å²) in [6, 6.07) is 3.18. The zero-order valence-corrected chi connectivity index (χ0v) is 13.6. The lowest BCUT2D eigenvalue weighted by atomic mass is 9.86. The SMILES string of the molecule is CNCc1cc(CN(C)C2CCCC(C)C2)c(C)s1. The summed E-state index contributed by atoms with van der Waals surface area (Å²) in [5.41, 5.74) is 1.52. The average molecular weight is 280 g/mol. The molecule has 0 bridgehead atoms. The van der Waals surface area contributed by atoms with E-state index in [0.29, 0.717) is 0 Å². The van der Waals surface area contributed by atoms with Crippen molar-refractivity contribution in [3.05, 3.63) is 21.4 Å². The highest BCUT2D eigenvalue weighted by Gasteiger charge is 2.22. The maximum Gasteiger partial charge on any atom is 0.0296 e. The smallest absolute Gasteiger partial charge is 0.0296 e. The van der Waals surface area contributed by atoms with Crippen LogP contribution in [0.15, 0.2) is 6.07 Å². The van der Waals surface area contributed by atoms with Gasteiger partial charge in [-0.15, -0.1) is 11.3 Å². The zero-order valence-electron chi connectivity index (χ0n) is 12.8. The second-order valence-electron chi connectivity index (χ2n) is 6.17. The summed E-state index contributed by atoms with van der Waals surface area (Å²) in [4.78, 5) is 5.52. The molecule has 1 aromatic heterocycles. The molecule has 108 valence electrons. The fourth-order valence-electron chi connectivity index (χ4n) is 3.21. The Morgan fingerprint density at radius 3 is 2.89 bits per heavy atom. The molecule has 2 rings (SSSR count). The Balaban J connectivity index is 1.95. The van der Waals surface area contributed by atoms with Gasteiger partial charge in [0.25, 0.3) is 0 Å². The van der Waals surface area contributed by atoms with Gasteiger partial charge in [0.1, 0.15) is 0 Å². The van der Waals surface area contributed by atoms with E-state index in [1.54, 1.807) is 0 Å². The normalized spacial score (nSPS) is 24.1. The van der Waals surface area contributed by atoms with Gasteiger partial charge in [-0.3, -0.25) is 4.90 Å². The quantitative estimate of drug-likeness (QED) is 0.883. The molecule has 0 amide bonds. The number of hydrogen-bond acceptors (Lipinski definition) is 3. The van der Waals surface area contributed by atoms with Crippen molar-refractivity contribution in [2.75, 3.05) is 14.1 Å². The van der Waals surface area contributed by atoms with Gasteiger partial charge in [0.2, 0.25) is 0 Å². The number of hydrogen-bond donors (Lipinski definition) is 1. The average Bonchev–Trinajstić information content (AvgIpc) is 2.70. The summed E-state index contributed by atoms with van der Waals surface area (Å²) in [5, 5.41) is 3.24. The molecule has 2 atom stereocenters. The molecule has 1 heterocycles. The first-order valence-electron chi connectivity index (χ1n) is 7.53. The number of rotatable bonds is 5. The fourth-order valence-corrected chi connectivity index (χ4v) is 4.27. The molecule has 1 fully saturated rings. The van der Waals surface area contributed by atoms with Gasteiger partial charge in [-0.25, -0.2) is 0 Å². The lowest BCUT2D eigenvalue weighted by Crippen LogP contribution is -2.35. The van der Waals surface area contributed by atoms with Gasteiger partial charge in [-0.05, 0) is 51.4 Å². The molecule has 1 aliphatic carbocycles. The highest BCUT2D eigenvalue weighted by molar-refractivity contribution is 7.12. The van der Waals surface area contributed by atoms with E-state index < -0.39 is 0 Å². The lowest BCUT2D eigenvalue weighted by molar-refractivity contribution is 0.157. The van der Waals surface area contributed by atoms with E-state index in [2.05, 4.69) is 37.2 Å². The van der Waals surface area contributed by atoms with E-state index >= 15 is 0 Å². The molecular formula is C16H28N2S. The Bertz CT molecular complexity index is 399. The first kappa shape index (κ1) is 15.0. The van der Waals surface area contributed by atoms with Crippen LogP contribution in [-0.4, -0.2) is 25.0 Å². The highest BCUT2D eigenvalue weighted by atomic mass is 32.1. The summed E-state index contributed by atoms with van der Waals surface area (Å²) in [6.07, 6.45) is 5.59. The Hall–Kier alpha value is -0.380. The number of thiophene rings is 1. The minimum Gasteiger partial charge on any atom is -0.315 e. The van der Waals surface area contributed by atoms with Crippen LogP contribution in [0.1, 0.15) is 47.9 Å². The molecular weight excluding hydrogens is 252 g/mol. The van der Waals surface area contributed by atoms with Crippen LogP contribution < -0.4 is 5.32 Å². The zero-order chi connectivity index (χ0) is 13.8. The molecule has 1 N–H and O–H groups in total. The minimum atomic E-state index is 0.788. The summed E-state index contributed by atoms with van der Waals surface area (Å²) in [7, 11) is 4.32. The third-order valence-electron chi connectivity index (χ3n) is 4.37. The largest absolute Gasteiger partial charge is 0.315 e. The first-order chi connectivity index (χ1) is 9.10. The molecule has 1 saturated carbocycles. The van der Waals surface area contributed by atoms with Crippen molar-refractivity contribution in [2.45, 2.75) is 58.7 Å². The molecule has 3 heteroatoms. The van der Waals surface area contributed by atoms with Gasteiger partial charge in [0, 0.05) is 28.9 Å². The second kappa shape index (κ2) is 6.87. The molecule has 0 radical (unpaired) electrons. The van der Waals surface area contributed by atoms with Crippen LogP contribution in [0.5, 0.6) is 0 Å². The van der Waals surface area contributed by atoms with E-state index in [1.807, 2.05) is 18.4 Å². The van der Waals surface area contributed by atoms with Crippen molar-refractivity contribution in [1.29, 1.82) is 0 Å². The van der Waals surface area contributed by atoms with E-state index in [4.69, 9.17) is 0 Å². The van der Waals surface area contributed by atoms with Crippen LogP contribution in [0.25, 0.3) is 0 Å². The first-order valence-corrected chi connectivity index (χ1v) is 8.34. The van der Waals surface area contributed by atoms with Crippen molar-refractivity contribution in [3.8, 4) is 0 Å². The van der Waals surface area contributed by atoms with Crippen LogP contribution in [0, 0.1) is 12.8 Å². The Morgan fingerprint density at radius 1 is 1.42 bits per heavy atom. The molecule has 2 unspecified atom stereocenters. The maximum atomic E-state index is 3.24. The van der Waals surface area contributed by atoms with Crippen molar-refractivity contribution in [3.63, 3.8) is 0 Å². The predicted molar refractivity (Wildman–Crippen MR) is 84.7 cm³/mol. The maximum absolute atomic E-state index is 3.24. The molecule has 2 nitrogen and oxygen atoms in total. The fraction of sp³-hybridized carbons (Fsp3) is 0.750. The number of nitrogens with one attached hydrogen (secondary N) is 1. The van der Waals surface area contributed by atoms with E-state index in [1.165, 1.54) is 41.0 Å². The van der Waals surface area contributed by atoms with E-state index in [-0.39, 0.29) is 0 Å². The topological polar surface area (TPSA) is 15.3 Å². The lowest BCUT2D eigenvalue weighted by Gasteiger charge is -2.34. The van der Waals surface area contributed by atoms with Crippen molar-refractivity contribution >= 4 is 11.3 Å². The van der Waals surface area contributed by atoms with Crippen LogP contribution in [-0.2, 0) is 13.1 Å². The molecule has 1 aromatic rings. The molecule has 0 spiro atoms. The summed E-state index contributed by atoms with van der Waals surface area (Å²) < 4.78 is 0. The molecule has 0 aromatic carbocycles. The van der Waals surface area contributed by atoms with Gasteiger partial charge in [0.15, 0.2) is 0 Å². The second-order valence-corrected chi connectivity index (χ2v) is 7.51. The van der Waals surface area contributed by atoms with E-state index in [0.717, 1.165) is 25.0 Å². The molecule has 0 saturated heterocycles. The van der Waals surface area contributed by atoms with Crippen LogP contribution in [0.4, 0.5) is 0 Å². The molecule has 0 aliphatic heterocycles. The summed E-state index contributed by atoms with van der Waals surface area (Å²) in [5.74, 6) is 0.907. The Labute approximate surface area is 122 Å².